The average molecular weight is 331 g/mol. The lowest BCUT2D eigenvalue weighted by Gasteiger charge is -2.07. The van der Waals surface area contributed by atoms with Crippen LogP contribution in [0.15, 0.2) is 34.7 Å². The van der Waals surface area contributed by atoms with E-state index in [-0.39, 0.29) is 5.91 Å². The summed E-state index contributed by atoms with van der Waals surface area (Å²) in [6, 6.07) is 9.47. The number of hydrogen-bond donors (Lipinski definition) is 1. The second kappa shape index (κ2) is 9.13. The SMILES string of the molecule is CCOCCCNC(=O)c1ccc(COc2cc(C)cc(C)c2)o1. The van der Waals surface area contributed by atoms with Gasteiger partial charge in [-0.25, -0.2) is 0 Å². The van der Waals surface area contributed by atoms with E-state index in [1.54, 1.807) is 12.1 Å². The number of hydrogen-bond acceptors (Lipinski definition) is 4. The van der Waals surface area contributed by atoms with E-state index < -0.39 is 0 Å². The Kier molecular flexibility index (Phi) is 6.88. The third-order valence-electron chi connectivity index (χ3n) is 3.42. The molecule has 0 unspecified atom stereocenters. The molecule has 0 saturated heterocycles. The van der Waals surface area contributed by atoms with Gasteiger partial charge >= 0.3 is 0 Å². The molecule has 5 heteroatoms. The Morgan fingerprint density at radius 3 is 2.62 bits per heavy atom. The Bertz CT molecular complexity index is 643. The van der Waals surface area contributed by atoms with Crippen molar-refractivity contribution in [1.82, 2.24) is 5.32 Å². The Hall–Kier alpha value is -2.27. The number of carbonyl (C=O) groups is 1. The van der Waals surface area contributed by atoms with Gasteiger partial charge < -0.3 is 19.2 Å². The minimum atomic E-state index is -0.218. The van der Waals surface area contributed by atoms with Crippen molar-refractivity contribution >= 4 is 5.91 Å². The highest BCUT2D eigenvalue weighted by molar-refractivity contribution is 5.91. The molecule has 1 amide bonds. The highest BCUT2D eigenvalue weighted by Crippen LogP contribution is 2.18. The van der Waals surface area contributed by atoms with Gasteiger partial charge in [-0.15, -0.1) is 0 Å². The summed E-state index contributed by atoms with van der Waals surface area (Å²) in [4.78, 5) is 12.0. The third kappa shape index (κ3) is 5.74. The summed E-state index contributed by atoms with van der Waals surface area (Å²) < 4.78 is 16.5. The summed E-state index contributed by atoms with van der Waals surface area (Å²) in [5.74, 6) is 1.49. The summed E-state index contributed by atoms with van der Waals surface area (Å²) in [6.07, 6.45) is 0.781. The predicted molar refractivity (Wildman–Crippen MR) is 92.4 cm³/mol. The van der Waals surface area contributed by atoms with E-state index >= 15 is 0 Å². The lowest BCUT2D eigenvalue weighted by molar-refractivity contribution is 0.0913. The van der Waals surface area contributed by atoms with E-state index in [2.05, 4.69) is 11.4 Å². The summed E-state index contributed by atoms with van der Waals surface area (Å²) in [7, 11) is 0. The maximum absolute atomic E-state index is 12.0. The van der Waals surface area contributed by atoms with Crippen LogP contribution in [0.2, 0.25) is 0 Å². The van der Waals surface area contributed by atoms with E-state index in [0.29, 0.717) is 37.9 Å². The Morgan fingerprint density at radius 1 is 1.17 bits per heavy atom. The van der Waals surface area contributed by atoms with Crippen LogP contribution in [0, 0.1) is 13.8 Å². The van der Waals surface area contributed by atoms with Gasteiger partial charge in [-0.3, -0.25) is 4.79 Å². The number of benzene rings is 1. The van der Waals surface area contributed by atoms with Crippen LogP contribution < -0.4 is 10.1 Å². The third-order valence-corrected chi connectivity index (χ3v) is 3.42. The number of carbonyl (C=O) groups excluding carboxylic acids is 1. The standard InChI is InChI=1S/C19H25NO4/c1-4-22-9-5-8-20-19(21)18-7-6-16(24-18)13-23-17-11-14(2)10-15(3)12-17/h6-7,10-12H,4-5,8-9,13H2,1-3H3,(H,20,21). The number of aryl methyl sites for hydroxylation is 2. The summed E-state index contributed by atoms with van der Waals surface area (Å²) in [6.45, 7) is 8.19. The van der Waals surface area contributed by atoms with Crippen molar-refractivity contribution in [3.8, 4) is 5.75 Å². The van der Waals surface area contributed by atoms with Crippen molar-refractivity contribution in [2.45, 2.75) is 33.8 Å². The predicted octanol–water partition coefficient (Wildman–Crippen LogP) is 3.63. The quantitative estimate of drug-likeness (QED) is 0.713. The Morgan fingerprint density at radius 2 is 1.92 bits per heavy atom. The minimum absolute atomic E-state index is 0.218. The monoisotopic (exact) mass is 331 g/mol. The molecule has 0 spiro atoms. The van der Waals surface area contributed by atoms with Crippen molar-refractivity contribution in [2.24, 2.45) is 0 Å². The molecule has 2 aromatic rings. The first-order valence-electron chi connectivity index (χ1n) is 8.24. The first-order chi connectivity index (χ1) is 11.6. The van der Waals surface area contributed by atoms with Gasteiger partial charge in [0.15, 0.2) is 5.76 Å². The molecular weight excluding hydrogens is 306 g/mol. The first kappa shape index (κ1) is 18.1. The fourth-order valence-electron chi connectivity index (χ4n) is 2.36. The number of furan rings is 1. The molecule has 24 heavy (non-hydrogen) atoms. The van der Waals surface area contributed by atoms with Gasteiger partial charge in [0.05, 0.1) is 0 Å². The fourth-order valence-corrected chi connectivity index (χ4v) is 2.36. The molecule has 0 fully saturated rings. The van der Waals surface area contributed by atoms with Crippen molar-refractivity contribution in [1.29, 1.82) is 0 Å². The molecule has 0 saturated carbocycles. The van der Waals surface area contributed by atoms with Gasteiger partial charge in [-0.05, 0) is 62.6 Å². The molecule has 130 valence electrons. The fraction of sp³-hybridized carbons (Fsp3) is 0.421. The molecule has 0 aliphatic heterocycles. The van der Waals surface area contributed by atoms with E-state index in [1.165, 1.54) is 0 Å². The molecule has 1 heterocycles. The van der Waals surface area contributed by atoms with Gasteiger partial charge in [0.2, 0.25) is 0 Å². The molecule has 0 atom stereocenters. The number of amides is 1. The molecule has 5 nitrogen and oxygen atoms in total. The highest BCUT2D eigenvalue weighted by atomic mass is 16.5. The Balaban J connectivity index is 1.80. The number of nitrogens with one attached hydrogen (secondary N) is 1. The summed E-state index contributed by atoms with van der Waals surface area (Å²) in [5.41, 5.74) is 2.30. The summed E-state index contributed by atoms with van der Waals surface area (Å²) in [5, 5.41) is 2.81. The van der Waals surface area contributed by atoms with Crippen molar-refractivity contribution in [3.63, 3.8) is 0 Å². The molecule has 2 rings (SSSR count). The molecule has 1 aromatic carbocycles. The Labute approximate surface area is 143 Å². The normalized spacial score (nSPS) is 10.6. The minimum Gasteiger partial charge on any atom is -0.486 e. The topological polar surface area (TPSA) is 60.7 Å². The van der Waals surface area contributed by atoms with Crippen LogP contribution in [0.25, 0.3) is 0 Å². The molecule has 0 radical (unpaired) electrons. The smallest absolute Gasteiger partial charge is 0.286 e. The molecular formula is C19H25NO4. The van der Waals surface area contributed by atoms with E-state index in [4.69, 9.17) is 13.9 Å². The van der Waals surface area contributed by atoms with Crippen LogP contribution in [0.4, 0.5) is 0 Å². The van der Waals surface area contributed by atoms with Crippen LogP contribution in [0.5, 0.6) is 5.75 Å². The van der Waals surface area contributed by atoms with Crippen molar-refractivity contribution in [2.75, 3.05) is 19.8 Å². The highest BCUT2D eigenvalue weighted by Gasteiger charge is 2.11. The molecule has 0 aliphatic carbocycles. The van der Waals surface area contributed by atoms with Crippen LogP contribution in [0.3, 0.4) is 0 Å². The molecule has 1 N–H and O–H groups in total. The van der Waals surface area contributed by atoms with Crippen molar-refractivity contribution < 1.29 is 18.7 Å². The molecule has 1 aromatic heterocycles. The van der Waals surface area contributed by atoms with E-state index in [0.717, 1.165) is 23.3 Å². The zero-order valence-electron chi connectivity index (χ0n) is 14.6. The second-order valence-corrected chi connectivity index (χ2v) is 5.68. The van der Waals surface area contributed by atoms with Gasteiger partial charge in [0.1, 0.15) is 18.1 Å². The number of rotatable bonds is 9. The number of ether oxygens (including phenoxy) is 2. The molecule has 0 aliphatic rings. The second-order valence-electron chi connectivity index (χ2n) is 5.68. The summed E-state index contributed by atoms with van der Waals surface area (Å²) >= 11 is 0. The first-order valence-corrected chi connectivity index (χ1v) is 8.24. The van der Waals surface area contributed by atoms with Crippen LogP contribution in [0.1, 0.15) is 40.8 Å². The average Bonchev–Trinajstić information content (AvgIpc) is 3.01. The largest absolute Gasteiger partial charge is 0.486 e. The zero-order valence-corrected chi connectivity index (χ0v) is 14.6. The van der Waals surface area contributed by atoms with Gasteiger partial charge in [-0.2, -0.15) is 0 Å². The van der Waals surface area contributed by atoms with Crippen LogP contribution in [-0.4, -0.2) is 25.7 Å². The molecule has 0 bridgehead atoms. The van der Waals surface area contributed by atoms with Gasteiger partial charge in [0.25, 0.3) is 5.91 Å². The lowest BCUT2D eigenvalue weighted by Crippen LogP contribution is -2.24. The van der Waals surface area contributed by atoms with Crippen LogP contribution >= 0.6 is 0 Å². The van der Waals surface area contributed by atoms with E-state index in [9.17, 15) is 4.79 Å². The zero-order chi connectivity index (χ0) is 17.4. The lowest BCUT2D eigenvalue weighted by atomic mass is 10.1. The van der Waals surface area contributed by atoms with E-state index in [1.807, 2.05) is 32.9 Å². The van der Waals surface area contributed by atoms with Crippen molar-refractivity contribution in [3.05, 3.63) is 53.0 Å². The maximum Gasteiger partial charge on any atom is 0.286 e. The van der Waals surface area contributed by atoms with Gasteiger partial charge in [0, 0.05) is 19.8 Å². The van der Waals surface area contributed by atoms with Gasteiger partial charge in [-0.1, -0.05) is 6.07 Å². The van der Waals surface area contributed by atoms with Crippen LogP contribution in [-0.2, 0) is 11.3 Å². The maximum atomic E-state index is 12.0.